The first-order valence-corrected chi connectivity index (χ1v) is 12.3. The van der Waals surface area contributed by atoms with Crippen LogP contribution < -0.4 is 4.74 Å². The summed E-state index contributed by atoms with van der Waals surface area (Å²) in [6, 6.07) is 11.0. The molecule has 0 spiro atoms. The maximum atomic E-state index is 12.2. The third-order valence-corrected chi connectivity index (χ3v) is 5.72. The van der Waals surface area contributed by atoms with Crippen molar-refractivity contribution in [3.63, 3.8) is 0 Å². The molecule has 0 amide bonds. The van der Waals surface area contributed by atoms with Gasteiger partial charge in [-0.2, -0.15) is 13.2 Å². The lowest BCUT2D eigenvalue weighted by atomic mass is 9.95. The zero-order chi connectivity index (χ0) is 28.7. The Hall–Kier alpha value is -3.70. The maximum Gasteiger partial charge on any atom is 0.495 e. The molecular formula is C27H27ClF3N3O5. The number of halogens is 4. The second kappa shape index (κ2) is 12.9. The number of aromatic nitrogens is 2. The van der Waals surface area contributed by atoms with E-state index in [0.29, 0.717) is 23.0 Å². The molecule has 0 fully saturated rings. The third-order valence-electron chi connectivity index (χ3n) is 5.42. The number of likely N-dealkylation sites (N-methyl/N-ethyl adjacent to an activating group) is 1. The fraction of sp³-hybridized carbons (Fsp3) is 0.333. The molecule has 0 aliphatic rings. The monoisotopic (exact) mass is 565 g/mol. The lowest BCUT2D eigenvalue weighted by molar-refractivity contribution is -0.286. The minimum Gasteiger partial charge on any atom is -0.489 e. The molecule has 0 radical (unpaired) electrons. The second-order valence-electron chi connectivity index (χ2n) is 8.90. The highest BCUT2D eigenvalue weighted by atomic mass is 35.5. The first-order valence-electron chi connectivity index (χ1n) is 12.0. The van der Waals surface area contributed by atoms with Gasteiger partial charge in [0.15, 0.2) is 5.82 Å². The Bertz CT molecular complexity index is 1320. The Labute approximate surface area is 228 Å². The van der Waals surface area contributed by atoms with E-state index in [4.69, 9.17) is 16.3 Å². The van der Waals surface area contributed by atoms with Crippen LogP contribution in [0.15, 0.2) is 48.8 Å². The van der Waals surface area contributed by atoms with E-state index in [0.717, 1.165) is 27.8 Å². The van der Waals surface area contributed by atoms with E-state index in [-0.39, 0.29) is 12.6 Å². The SMILES string of the molecule is CCc1c(CN(C)CC(=O)OOC(=O)C(F)(F)F)cccc1-c1cnc(-c2ccc(OC(C)C)c(Cl)c2)nc1. The lowest BCUT2D eigenvalue weighted by Gasteiger charge is -2.19. The van der Waals surface area contributed by atoms with E-state index in [1.165, 1.54) is 4.90 Å². The van der Waals surface area contributed by atoms with Gasteiger partial charge in [0.1, 0.15) is 12.3 Å². The molecule has 0 atom stereocenters. The summed E-state index contributed by atoms with van der Waals surface area (Å²) < 4.78 is 42.2. The third kappa shape index (κ3) is 8.14. The molecule has 12 heteroatoms. The molecule has 0 saturated carbocycles. The summed E-state index contributed by atoms with van der Waals surface area (Å²) in [6.45, 7) is 5.68. The lowest BCUT2D eigenvalue weighted by Crippen LogP contribution is -2.31. The van der Waals surface area contributed by atoms with Crippen molar-refractivity contribution in [2.75, 3.05) is 13.6 Å². The van der Waals surface area contributed by atoms with Gasteiger partial charge < -0.3 is 4.74 Å². The molecule has 1 aromatic heterocycles. The highest BCUT2D eigenvalue weighted by Crippen LogP contribution is 2.31. The topological polar surface area (TPSA) is 90.9 Å². The van der Waals surface area contributed by atoms with Crippen LogP contribution in [0.4, 0.5) is 13.2 Å². The van der Waals surface area contributed by atoms with Crippen LogP contribution in [-0.2, 0) is 32.3 Å². The minimum absolute atomic E-state index is 0.0102. The van der Waals surface area contributed by atoms with Crippen LogP contribution in [0, 0.1) is 0 Å². The van der Waals surface area contributed by atoms with Crippen molar-refractivity contribution >= 4 is 23.5 Å². The van der Waals surface area contributed by atoms with E-state index in [1.54, 1.807) is 31.6 Å². The minimum atomic E-state index is -5.26. The Kier molecular flexibility index (Phi) is 9.87. The average molecular weight is 566 g/mol. The van der Waals surface area contributed by atoms with Crippen LogP contribution in [0.2, 0.25) is 5.02 Å². The Morgan fingerprint density at radius 1 is 1.05 bits per heavy atom. The van der Waals surface area contributed by atoms with Gasteiger partial charge in [0.05, 0.1) is 11.1 Å². The molecule has 3 rings (SSSR count). The number of carbonyl (C=O) groups excluding carboxylic acids is 2. The molecule has 208 valence electrons. The second-order valence-corrected chi connectivity index (χ2v) is 9.31. The number of rotatable bonds is 9. The summed E-state index contributed by atoms with van der Waals surface area (Å²) in [5, 5.41) is 0.460. The molecule has 8 nitrogen and oxygen atoms in total. The molecule has 0 aliphatic carbocycles. The zero-order valence-corrected chi connectivity index (χ0v) is 22.5. The molecule has 0 aliphatic heterocycles. The highest BCUT2D eigenvalue weighted by molar-refractivity contribution is 6.32. The summed E-state index contributed by atoms with van der Waals surface area (Å²) in [4.78, 5) is 40.6. The van der Waals surface area contributed by atoms with Crippen LogP contribution in [-0.4, -0.2) is 52.7 Å². The van der Waals surface area contributed by atoms with Crippen molar-refractivity contribution in [3.8, 4) is 28.3 Å². The van der Waals surface area contributed by atoms with Crippen molar-refractivity contribution in [1.82, 2.24) is 14.9 Å². The Balaban J connectivity index is 1.72. The van der Waals surface area contributed by atoms with Gasteiger partial charge in [0.2, 0.25) is 0 Å². The summed E-state index contributed by atoms with van der Waals surface area (Å²) in [6.07, 6.45) is -1.19. The summed E-state index contributed by atoms with van der Waals surface area (Å²) in [5.74, 6) is -2.67. The first-order chi connectivity index (χ1) is 18.4. The van der Waals surface area contributed by atoms with Gasteiger partial charge >= 0.3 is 18.1 Å². The molecule has 3 aromatic rings. The fourth-order valence-electron chi connectivity index (χ4n) is 3.80. The smallest absolute Gasteiger partial charge is 0.489 e. The van der Waals surface area contributed by atoms with Crippen LogP contribution >= 0.6 is 11.6 Å². The van der Waals surface area contributed by atoms with Gasteiger partial charge in [0.25, 0.3) is 0 Å². The van der Waals surface area contributed by atoms with Crippen LogP contribution in [0.3, 0.4) is 0 Å². The molecule has 0 saturated heterocycles. The number of hydrogen-bond acceptors (Lipinski definition) is 8. The molecule has 0 unspecified atom stereocenters. The van der Waals surface area contributed by atoms with Crippen molar-refractivity contribution in [2.45, 2.75) is 46.0 Å². The average Bonchev–Trinajstić information content (AvgIpc) is 2.87. The Morgan fingerprint density at radius 2 is 1.74 bits per heavy atom. The summed E-state index contributed by atoms with van der Waals surface area (Å²) in [5.41, 5.74) is 4.28. The van der Waals surface area contributed by atoms with Gasteiger partial charge in [-0.1, -0.05) is 36.7 Å². The number of carbonyl (C=O) groups is 2. The maximum absolute atomic E-state index is 12.2. The van der Waals surface area contributed by atoms with Crippen molar-refractivity contribution in [3.05, 3.63) is 64.9 Å². The van der Waals surface area contributed by atoms with Gasteiger partial charge in [-0.25, -0.2) is 29.3 Å². The fourth-order valence-corrected chi connectivity index (χ4v) is 4.03. The predicted octanol–water partition coefficient (Wildman–Crippen LogP) is 5.81. The standard InChI is InChI=1S/C27H27ClF3N3O5/c1-5-20-18(14-34(4)15-24(35)38-39-26(36)27(29,30)31)7-6-8-21(20)19-12-32-25(33-13-19)17-9-10-23(22(28)11-17)37-16(2)3/h6-13,16H,5,14-15H2,1-4H3. The van der Waals surface area contributed by atoms with Gasteiger partial charge in [-0.15, -0.1) is 0 Å². The van der Waals surface area contributed by atoms with Crippen molar-refractivity contribution in [1.29, 1.82) is 0 Å². The van der Waals surface area contributed by atoms with E-state index in [1.807, 2.05) is 45.0 Å². The first kappa shape index (κ1) is 29.9. The number of alkyl halides is 3. The molecule has 0 bridgehead atoms. The van der Waals surface area contributed by atoms with E-state index in [9.17, 15) is 22.8 Å². The van der Waals surface area contributed by atoms with E-state index < -0.39 is 24.7 Å². The Morgan fingerprint density at radius 3 is 2.33 bits per heavy atom. The highest BCUT2D eigenvalue weighted by Gasteiger charge is 2.43. The van der Waals surface area contributed by atoms with E-state index >= 15 is 0 Å². The zero-order valence-electron chi connectivity index (χ0n) is 21.7. The number of nitrogens with zero attached hydrogens (tertiary/aromatic N) is 3. The molecule has 1 heterocycles. The number of benzene rings is 2. The molecular weight excluding hydrogens is 539 g/mol. The van der Waals surface area contributed by atoms with Crippen LogP contribution in [0.1, 0.15) is 31.9 Å². The number of hydrogen-bond donors (Lipinski definition) is 0. The summed E-state index contributed by atoms with van der Waals surface area (Å²) >= 11 is 6.35. The number of ether oxygens (including phenoxy) is 1. The normalized spacial score (nSPS) is 11.5. The largest absolute Gasteiger partial charge is 0.495 e. The molecule has 39 heavy (non-hydrogen) atoms. The van der Waals surface area contributed by atoms with Gasteiger partial charge in [-0.3, -0.25) is 4.90 Å². The molecule has 2 aromatic carbocycles. The van der Waals surface area contributed by atoms with E-state index in [2.05, 4.69) is 19.7 Å². The predicted molar refractivity (Wildman–Crippen MR) is 138 cm³/mol. The van der Waals surface area contributed by atoms with Crippen LogP contribution in [0.5, 0.6) is 5.75 Å². The van der Waals surface area contributed by atoms with Gasteiger partial charge in [0, 0.05) is 30.1 Å². The van der Waals surface area contributed by atoms with Crippen molar-refractivity contribution in [2.24, 2.45) is 0 Å². The van der Waals surface area contributed by atoms with Crippen LogP contribution in [0.25, 0.3) is 22.5 Å². The van der Waals surface area contributed by atoms with Gasteiger partial charge in [-0.05, 0) is 62.2 Å². The van der Waals surface area contributed by atoms with Crippen molar-refractivity contribution < 1.29 is 37.3 Å². The molecule has 0 N–H and O–H groups in total. The summed E-state index contributed by atoms with van der Waals surface area (Å²) in [7, 11) is 1.58. The quantitative estimate of drug-likeness (QED) is 0.237.